The highest BCUT2D eigenvalue weighted by atomic mass is 32.2. The molecule has 0 radical (unpaired) electrons. The van der Waals surface area contributed by atoms with Gasteiger partial charge in [-0.25, -0.2) is 9.78 Å². The Morgan fingerprint density at radius 2 is 2.38 bits per heavy atom. The number of nitrogens with zero attached hydrogens (tertiary/aromatic N) is 1. The first-order chi connectivity index (χ1) is 7.47. The highest BCUT2D eigenvalue weighted by Gasteiger charge is 2.15. The number of amides is 1. The van der Waals surface area contributed by atoms with Crippen molar-refractivity contribution in [1.29, 1.82) is 0 Å². The van der Waals surface area contributed by atoms with E-state index in [0.717, 1.165) is 10.1 Å². The first kappa shape index (κ1) is 13.3. The average molecular weight is 260 g/mol. The Balaban J connectivity index is 2.09. The second-order valence-corrected chi connectivity index (χ2v) is 6.31. The van der Waals surface area contributed by atoms with Crippen LogP contribution in [0.15, 0.2) is 15.9 Å². The van der Waals surface area contributed by atoms with Crippen molar-refractivity contribution < 1.29 is 9.53 Å². The molecule has 0 aliphatic heterocycles. The summed E-state index contributed by atoms with van der Waals surface area (Å²) in [5.41, 5.74) is -0.438. The summed E-state index contributed by atoms with van der Waals surface area (Å²) in [6.07, 6.45) is 1.40. The maximum absolute atomic E-state index is 11.3. The van der Waals surface area contributed by atoms with Crippen molar-refractivity contribution in [2.45, 2.75) is 30.7 Å². The molecule has 0 saturated heterocycles. The molecule has 0 saturated carbocycles. The number of aromatic nitrogens is 1. The van der Waals surface area contributed by atoms with Crippen LogP contribution in [0.2, 0.25) is 0 Å². The van der Waals surface area contributed by atoms with E-state index in [2.05, 4.69) is 10.3 Å². The van der Waals surface area contributed by atoms with Gasteiger partial charge in [0.15, 0.2) is 0 Å². The first-order valence-corrected chi connectivity index (χ1v) is 6.83. The van der Waals surface area contributed by atoms with Gasteiger partial charge in [0.1, 0.15) is 9.94 Å². The van der Waals surface area contributed by atoms with E-state index in [0.29, 0.717) is 6.54 Å². The number of ether oxygens (including phenoxy) is 1. The predicted molar refractivity (Wildman–Crippen MR) is 67.1 cm³/mol. The molecule has 1 N–H and O–H groups in total. The minimum Gasteiger partial charge on any atom is -0.444 e. The molecule has 6 heteroatoms. The van der Waals surface area contributed by atoms with E-state index in [4.69, 9.17) is 4.74 Å². The molecule has 1 rings (SSSR count). The van der Waals surface area contributed by atoms with Crippen molar-refractivity contribution in [2.24, 2.45) is 0 Å². The minimum absolute atomic E-state index is 0.368. The van der Waals surface area contributed by atoms with E-state index < -0.39 is 5.60 Å². The van der Waals surface area contributed by atoms with Crippen molar-refractivity contribution in [2.75, 3.05) is 12.3 Å². The fourth-order valence-corrected chi connectivity index (χ4v) is 2.45. The van der Waals surface area contributed by atoms with Gasteiger partial charge in [-0.05, 0) is 20.8 Å². The topological polar surface area (TPSA) is 51.2 Å². The average Bonchev–Trinajstić information content (AvgIpc) is 2.62. The van der Waals surface area contributed by atoms with Crippen molar-refractivity contribution in [3.05, 3.63) is 11.6 Å². The summed E-state index contributed by atoms with van der Waals surface area (Å²) in [6, 6.07) is 0. The molecule has 0 fully saturated rings. The quantitative estimate of drug-likeness (QED) is 0.668. The number of carbonyl (C=O) groups excluding carboxylic acids is 1. The van der Waals surface area contributed by atoms with Gasteiger partial charge >= 0.3 is 6.09 Å². The third-order valence-electron chi connectivity index (χ3n) is 1.41. The maximum atomic E-state index is 11.3. The number of alkyl carbamates (subject to hydrolysis) is 1. The number of hydrogen-bond donors (Lipinski definition) is 1. The second kappa shape index (κ2) is 6.10. The zero-order valence-electron chi connectivity index (χ0n) is 9.65. The molecule has 1 aromatic heterocycles. The lowest BCUT2D eigenvalue weighted by Gasteiger charge is -2.19. The summed E-state index contributed by atoms with van der Waals surface area (Å²) < 4.78 is 6.12. The van der Waals surface area contributed by atoms with Crippen LogP contribution in [0.1, 0.15) is 20.8 Å². The molecule has 0 atom stereocenters. The number of thiazole rings is 1. The molecule has 0 aromatic carbocycles. The van der Waals surface area contributed by atoms with Crippen LogP contribution in [0.4, 0.5) is 4.79 Å². The second-order valence-electron chi connectivity index (χ2n) is 4.08. The molecule has 0 aliphatic rings. The van der Waals surface area contributed by atoms with Gasteiger partial charge in [0.25, 0.3) is 0 Å². The van der Waals surface area contributed by atoms with E-state index >= 15 is 0 Å². The van der Waals surface area contributed by atoms with Gasteiger partial charge in [0.05, 0.1) is 0 Å². The van der Waals surface area contributed by atoms with E-state index in [1.165, 1.54) is 0 Å². The Morgan fingerprint density at radius 1 is 1.62 bits per heavy atom. The van der Waals surface area contributed by atoms with Gasteiger partial charge in [0, 0.05) is 23.9 Å². The molecule has 4 nitrogen and oxygen atoms in total. The molecule has 0 bridgehead atoms. The van der Waals surface area contributed by atoms with Gasteiger partial charge in [-0.3, -0.25) is 0 Å². The van der Waals surface area contributed by atoms with Crippen molar-refractivity contribution in [3.63, 3.8) is 0 Å². The van der Waals surface area contributed by atoms with E-state index in [-0.39, 0.29) is 6.09 Å². The van der Waals surface area contributed by atoms with Crippen molar-refractivity contribution >= 4 is 29.2 Å². The highest BCUT2D eigenvalue weighted by molar-refractivity contribution is 8.01. The van der Waals surface area contributed by atoms with E-state index in [1.54, 1.807) is 29.3 Å². The number of nitrogens with one attached hydrogen (secondary N) is 1. The third-order valence-corrected chi connectivity index (χ3v) is 3.37. The Kier molecular flexibility index (Phi) is 5.08. The molecule has 0 spiro atoms. The van der Waals surface area contributed by atoms with Crippen molar-refractivity contribution in [3.8, 4) is 0 Å². The summed E-state index contributed by atoms with van der Waals surface area (Å²) in [5, 5.41) is 4.63. The molecule has 1 heterocycles. The van der Waals surface area contributed by atoms with Crippen LogP contribution in [-0.2, 0) is 4.74 Å². The standard InChI is InChI=1S/C10H16N2O2S2/c1-10(2,3)14-8(13)11-4-6-15-9-12-5-7-16-9/h5,7H,4,6H2,1-3H3,(H,11,13). The fourth-order valence-electron chi connectivity index (χ4n) is 0.887. The van der Waals surface area contributed by atoms with Gasteiger partial charge in [0.2, 0.25) is 0 Å². The first-order valence-electron chi connectivity index (χ1n) is 4.96. The predicted octanol–water partition coefficient (Wildman–Crippen LogP) is 2.76. The Hall–Kier alpha value is -0.750. The number of carbonyl (C=O) groups is 1. The maximum Gasteiger partial charge on any atom is 0.407 e. The van der Waals surface area contributed by atoms with Crippen LogP contribution in [0, 0.1) is 0 Å². The zero-order valence-corrected chi connectivity index (χ0v) is 11.3. The van der Waals surface area contributed by atoms with Gasteiger partial charge in [-0.1, -0.05) is 11.8 Å². The van der Waals surface area contributed by atoms with Crippen LogP contribution in [-0.4, -0.2) is 29.0 Å². The number of hydrogen-bond acceptors (Lipinski definition) is 5. The van der Waals surface area contributed by atoms with Crippen LogP contribution in [0.5, 0.6) is 0 Å². The van der Waals surface area contributed by atoms with Gasteiger partial charge < -0.3 is 10.1 Å². The molecular weight excluding hydrogens is 244 g/mol. The lowest BCUT2D eigenvalue weighted by Crippen LogP contribution is -2.33. The molecule has 1 aromatic rings. The lowest BCUT2D eigenvalue weighted by atomic mass is 10.2. The Bertz CT molecular complexity index is 320. The normalized spacial score (nSPS) is 11.2. The van der Waals surface area contributed by atoms with Crippen molar-refractivity contribution in [1.82, 2.24) is 10.3 Å². The number of rotatable bonds is 4. The van der Waals surface area contributed by atoms with E-state index in [9.17, 15) is 4.79 Å². The van der Waals surface area contributed by atoms with Crippen LogP contribution in [0.25, 0.3) is 0 Å². The smallest absolute Gasteiger partial charge is 0.407 e. The fraction of sp³-hybridized carbons (Fsp3) is 0.600. The molecule has 0 aliphatic carbocycles. The lowest BCUT2D eigenvalue weighted by molar-refractivity contribution is 0.0531. The van der Waals surface area contributed by atoms with Crippen LogP contribution >= 0.6 is 23.1 Å². The van der Waals surface area contributed by atoms with E-state index in [1.807, 2.05) is 26.2 Å². The minimum atomic E-state index is -0.438. The van der Waals surface area contributed by atoms with Crippen LogP contribution in [0.3, 0.4) is 0 Å². The molecule has 16 heavy (non-hydrogen) atoms. The van der Waals surface area contributed by atoms with Gasteiger partial charge in [-0.2, -0.15) is 0 Å². The molecular formula is C10H16N2O2S2. The largest absolute Gasteiger partial charge is 0.444 e. The number of thioether (sulfide) groups is 1. The highest BCUT2D eigenvalue weighted by Crippen LogP contribution is 2.19. The Labute approximate surface area is 104 Å². The molecule has 1 amide bonds. The van der Waals surface area contributed by atoms with Gasteiger partial charge in [-0.15, -0.1) is 11.3 Å². The zero-order chi connectivity index (χ0) is 12.0. The summed E-state index contributed by atoms with van der Waals surface area (Å²) in [4.78, 5) is 15.4. The summed E-state index contributed by atoms with van der Waals surface area (Å²) in [6.45, 7) is 6.11. The summed E-state index contributed by atoms with van der Waals surface area (Å²) in [5.74, 6) is 0.798. The molecule has 90 valence electrons. The third kappa shape index (κ3) is 5.97. The SMILES string of the molecule is CC(C)(C)OC(=O)NCCSc1nccs1. The summed E-state index contributed by atoms with van der Waals surface area (Å²) >= 11 is 3.22. The monoisotopic (exact) mass is 260 g/mol. The van der Waals surface area contributed by atoms with Crippen LogP contribution < -0.4 is 5.32 Å². The Morgan fingerprint density at radius 3 is 2.94 bits per heavy atom. The molecule has 0 unspecified atom stereocenters. The summed E-state index contributed by atoms with van der Waals surface area (Å²) in [7, 11) is 0.